The van der Waals surface area contributed by atoms with Crippen LogP contribution in [0.2, 0.25) is 0 Å². The van der Waals surface area contributed by atoms with Crippen molar-refractivity contribution in [2.45, 2.75) is 12.4 Å². The minimum absolute atomic E-state index is 0.114. The number of nitrogens with two attached hydrogens (primary N) is 1. The largest absolute Gasteiger partial charge is 0.375 e. The Kier molecular flexibility index (Phi) is 4.84. The molecule has 0 heterocycles. The number of ether oxygens (including phenoxy) is 1. The first kappa shape index (κ1) is 11.4. The minimum atomic E-state index is -2.66. The van der Waals surface area contributed by atoms with Gasteiger partial charge in [0.1, 0.15) is 5.78 Å². The minimum Gasteiger partial charge on any atom is -0.375 e. The summed E-state index contributed by atoms with van der Waals surface area (Å²) in [5.74, 6) is -0.760. The predicted octanol–water partition coefficient (Wildman–Crippen LogP) is 0.955. The number of rotatable bonds is 5. The fourth-order valence-electron chi connectivity index (χ4n) is 0.949. The second-order valence-electron chi connectivity index (χ2n) is 2.95. The number of hydrogen-bond donors (Lipinski definition) is 2. The van der Waals surface area contributed by atoms with E-state index in [9.17, 15) is 4.57 Å². The first-order valence-electron chi connectivity index (χ1n) is 4.30. The molecule has 0 spiro atoms. The van der Waals surface area contributed by atoms with Gasteiger partial charge in [-0.2, -0.15) is 0 Å². The van der Waals surface area contributed by atoms with Gasteiger partial charge in [-0.05, 0) is 5.56 Å². The summed E-state index contributed by atoms with van der Waals surface area (Å²) in [5, 5.41) is 0. The molecular formula is C9H14NO3P. The van der Waals surface area contributed by atoms with Crippen molar-refractivity contribution in [3.05, 3.63) is 35.9 Å². The lowest BCUT2D eigenvalue weighted by Crippen LogP contribution is -2.21. The van der Waals surface area contributed by atoms with Crippen LogP contribution in [0.1, 0.15) is 5.56 Å². The average molecular weight is 215 g/mol. The fraction of sp³-hybridized carbons (Fsp3) is 0.333. The van der Waals surface area contributed by atoms with E-state index in [2.05, 4.69) is 0 Å². The molecule has 3 N–H and O–H groups in total. The van der Waals surface area contributed by atoms with Crippen molar-refractivity contribution >= 4 is 8.03 Å². The summed E-state index contributed by atoms with van der Waals surface area (Å²) in [6.45, 7) is 0.535. The highest BCUT2D eigenvalue weighted by molar-refractivity contribution is 7.38. The Morgan fingerprint density at radius 3 is 2.64 bits per heavy atom. The van der Waals surface area contributed by atoms with Crippen LogP contribution in [-0.4, -0.2) is 17.3 Å². The Labute approximate surface area is 83.6 Å². The van der Waals surface area contributed by atoms with E-state index in [1.807, 2.05) is 30.3 Å². The van der Waals surface area contributed by atoms with Crippen LogP contribution in [0.4, 0.5) is 0 Å². The fourth-order valence-corrected chi connectivity index (χ4v) is 1.21. The molecule has 14 heavy (non-hydrogen) atoms. The topological polar surface area (TPSA) is 72.5 Å². The van der Waals surface area contributed by atoms with E-state index in [4.69, 9.17) is 15.4 Å². The van der Waals surface area contributed by atoms with Crippen LogP contribution < -0.4 is 5.73 Å². The monoisotopic (exact) mass is 215 g/mol. The van der Waals surface area contributed by atoms with Crippen LogP contribution >= 0.6 is 8.03 Å². The van der Waals surface area contributed by atoms with Crippen LogP contribution in [0.3, 0.4) is 0 Å². The zero-order valence-electron chi connectivity index (χ0n) is 7.72. The van der Waals surface area contributed by atoms with Crippen LogP contribution in [0, 0.1) is 0 Å². The zero-order valence-corrected chi connectivity index (χ0v) is 8.72. The van der Waals surface area contributed by atoms with E-state index in [0.29, 0.717) is 6.61 Å². The van der Waals surface area contributed by atoms with Crippen LogP contribution in [0.25, 0.3) is 0 Å². The normalized spacial score (nSPS) is 15.0. The van der Waals surface area contributed by atoms with Gasteiger partial charge in [-0.25, -0.2) is 0 Å². The molecular weight excluding hydrogens is 201 g/mol. The first-order valence-corrected chi connectivity index (χ1v) is 5.73. The highest BCUT2D eigenvalue weighted by atomic mass is 31.1. The Morgan fingerprint density at radius 2 is 2.07 bits per heavy atom. The highest BCUT2D eigenvalue weighted by Crippen LogP contribution is 2.17. The van der Waals surface area contributed by atoms with Crippen molar-refractivity contribution in [1.82, 2.24) is 0 Å². The van der Waals surface area contributed by atoms with E-state index in [-0.39, 0.29) is 6.61 Å². The highest BCUT2D eigenvalue weighted by Gasteiger charge is 2.07. The average Bonchev–Trinajstić information content (AvgIpc) is 2.19. The molecule has 0 saturated heterocycles. The maximum absolute atomic E-state index is 10.5. The number of hydrogen-bond acceptors (Lipinski definition) is 3. The van der Waals surface area contributed by atoms with Gasteiger partial charge in [0.2, 0.25) is 8.03 Å². The molecule has 0 saturated carbocycles. The molecule has 4 nitrogen and oxygen atoms in total. The number of benzene rings is 1. The molecule has 0 amide bonds. The van der Waals surface area contributed by atoms with Gasteiger partial charge in [-0.3, -0.25) is 4.57 Å². The molecule has 0 bridgehead atoms. The van der Waals surface area contributed by atoms with Crippen molar-refractivity contribution in [1.29, 1.82) is 0 Å². The molecule has 0 aliphatic heterocycles. The molecule has 1 rings (SSSR count). The molecule has 1 aromatic carbocycles. The Hall–Kier alpha value is -0.670. The molecule has 1 aromatic rings. The lowest BCUT2D eigenvalue weighted by molar-refractivity contribution is 0.120. The quantitative estimate of drug-likeness (QED) is 0.717. The molecule has 0 fully saturated rings. The third-order valence-electron chi connectivity index (χ3n) is 1.73. The van der Waals surface area contributed by atoms with Crippen molar-refractivity contribution in [3.63, 3.8) is 0 Å². The molecule has 2 atom stereocenters. The van der Waals surface area contributed by atoms with Crippen molar-refractivity contribution in [3.8, 4) is 0 Å². The second-order valence-corrected chi connectivity index (χ2v) is 4.36. The molecule has 0 radical (unpaired) electrons. The van der Waals surface area contributed by atoms with Gasteiger partial charge in [0.15, 0.2) is 0 Å². The van der Waals surface area contributed by atoms with Crippen molar-refractivity contribution < 1.29 is 14.2 Å². The first-order chi connectivity index (χ1) is 6.70. The summed E-state index contributed by atoms with van der Waals surface area (Å²) >= 11 is 0. The smallest absolute Gasteiger partial charge is 0.207 e. The Bertz CT molecular complexity index is 291. The standard InChI is InChI=1S/C9H14NO3P/c10-9(14(11)12)7-13-6-8-4-2-1-3-5-8/h1-5,9,14H,6-7,10H2,(H,11,12). The lowest BCUT2D eigenvalue weighted by Gasteiger charge is -2.08. The lowest BCUT2D eigenvalue weighted by atomic mass is 10.2. The van der Waals surface area contributed by atoms with Crippen molar-refractivity contribution in [2.75, 3.05) is 6.61 Å². The predicted molar refractivity (Wildman–Crippen MR) is 55.3 cm³/mol. The summed E-state index contributed by atoms with van der Waals surface area (Å²) in [6, 6.07) is 9.59. The molecule has 5 heteroatoms. The second kappa shape index (κ2) is 5.94. The van der Waals surface area contributed by atoms with Gasteiger partial charge in [0, 0.05) is 0 Å². The van der Waals surface area contributed by atoms with Crippen molar-refractivity contribution in [2.24, 2.45) is 5.73 Å². The summed E-state index contributed by atoms with van der Waals surface area (Å²) in [7, 11) is -2.66. The van der Waals surface area contributed by atoms with E-state index >= 15 is 0 Å². The van der Waals surface area contributed by atoms with Crippen LogP contribution in [-0.2, 0) is 15.9 Å². The maximum Gasteiger partial charge on any atom is 0.207 e. The van der Waals surface area contributed by atoms with Gasteiger partial charge in [0.25, 0.3) is 0 Å². The molecule has 0 aliphatic rings. The summed E-state index contributed by atoms with van der Waals surface area (Å²) < 4.78 is 15.7. The van der Waals surface area contributed by atoms with E-state index < -0.39 is 13.8 Å². The third kappa shape index (κ3) is 4.03. The van der Waals surface area contributed by atoms with E-state index in [1.54, 1.807) is 0 Å². The Morgan fingerprint density at radius 1 is 1.43 bits per heavy atom. The molecule has 0 aromatic heterocycles. The summed E-state index contributed by atoms with van der Waals surface area (Å²) in [5.41, 5.74) is 6.36. The van der Waals surface area contributed by atoms with Gasteiger partial charge >= 0.3 is 0 Å². The maximum atomic E-state index is 10.5. The van der Waals surface area contributed by atoms with Crippen LogP contribution in [0.15, 0.2) is 30.3 Å². The third-order valence-corrected chi connectivity index (χ3v) is 2.53. The van der Waals surface area contributed by atoms with Gasteiger partial charge in [-0.15, -0.1) is 0 Å². The molecule has 78 valence electrons. The zero-order chi connectivity index (χ0) is 10.4. The summed E-state index contributed by atoms with van der Waals surface area (Å²) in [6.07, 6.45) is 0. The van der Waals surface area contributed by atoms with Gasteiger partial charge in [-0.1, -0.05) is 30.3 Å². The van der Waals surface area contributed by atoms with Gasteiger partial charge < -0.3 is 15.4 Å². The van der Waals surface area contributed by atoms with E-state index in [1.165, 1.54) is 0 Å². The van der Waals surface area contributed by atoms with Gasteiger partial charge in [0.05, 0.1) is 13.2 Å². The summed E-state index contributed by atoms with van der Waals surface area (Å²) in [4.78, 5) is 8.66. The molecule has 0 aliphatic carbocycles. The Balaban J connectivity index is 2.26. The SMILES string of the molecule is NC(COCc1ccccc1)[PH](=O)O. The van der Waals surface area contributed by atoms with E-state index in [0.717, 1.165) is 5.56 Å². The molecule has 2 unspecified atom stereocenters. The van der Waals surface area contributed by atoms with Crippen LogP contribution in [0.5, 0.6) is 0 Å².